The van der Waals surface area contributed by atoms with Crippen molar-refractivity contribution in [3.63, 3.8) is 0 Å². The summed E-state index contributed by atoms with van der Waals surface area (Å²) < 4.78 is 5.21. The minimum Gasteiger partial charge on any atom is -0.495 e. The van der Waals surface area contributed by atoms with Crippen LogP contribution < -0.4 is 21.1 Å². The Morgan fingerprint density at radius 3 is 2.41 bits per heavy atom. The molecule has 9 nitrogen and oxygen atoms in total. The van der Waals surface area contributed by atoms with Gasteiger partial charge in [-0.15, -0.1) is 0 Å². The molecule has 2 aromatic carbocycles. The van der Waals surface area contributed by atoms with E-state index in [0.717, 1.165) is 0 Å². The lowest BCUT2D eigenvalue weighted by molar-refractivity contribution is -0.138. The fourth-order valence-electron chi connectivity index (χ4n) is 2.55. The quantitative estimate of drug-likeness (QED) is 0.505. The maximum Gasteiger partial charge on any atom is 0.330 e. The van der Waals surface area contributed by atoms with Gasteiger partial charge >= 0.3 is 5.97 Å². The summed E-state index contributed by atoms with van der Waals surface area (Å²) in [6.45, 7) is 0. The maximum absolute atomic E-state index is 12.0. The maximum atomic E-state index is 12.0. The number of ether oxygens (including phenoxy) is 1. The number of carboxylic acids is 1. The Bertz CT molecular complexity index is 950. The molecule has 0 aliphatic carbocycles. The molecule has 0 aliphatic heterocycles. The van der Waals surface area contributed by atoms with Gasteiger partial charge in [0, 0.05) is 18.5 Å². The number of nitriles is 1. The monoisotopic (exact) mass is 396 g/mol. The summed E-state index contributed by atoms with van der Waals surface area (Å²) in [5.41, 5.74) is 6.65. The summed E-state index contributed by atoms with van der Waals surface area (Å²) in [6.07, 6.45) is -0.208. The molecule has 29 heavy (non-hydrogen) atoms. The van der Waals surface area contributed by atoms with Crippen molar-refractivity contribution in [3.05, 3.63) is 53.6 Å². The first-order valence-electron chi connectivity index (χ1n) is 8.59. The summed E-state index contributed by atoms with van der Waals surface area (Å²) in [7, 11) is 1.41. The lowest BCUT2D eigenvalue weighted by Gasteiger charge is -2.18. The van der Waals surface area contributed by atoms with Crippen LogP contribution in [-0.4, -0.2) is 30.0 Å². The minimum atomic E-state index is -1.13. The molecule has 0 aromatic heterocycles. The highest BCUT2D eigenvalue weighted by atomic mass is 16.5. The number of carbonyl (C=O) groups excluding carboxylic acids is 2. The van der Waals surface area contributed by atoms with Crippen molar-refractivity contribution in [2.24, 2.45) is 5.73 Å². The number of benzene rings is 2. The summed E-state index contributed by atoms with van der Waals surface area (Å²) in [4.78, 5) is 34.7. The Kier molecular flexibility index (Phi) is 7.14. The predicted octanol–water partition coefficient (Wildman–Crippen LogP) is 2.01. The van der Waals surface area contributed by atoms with E-state index in [1.807, 2.05) is 6.07 Å². The third-order valence-corrected chi connectivity index (χ3v) is 4.00. The van der Waals surface area contributed by atoms with Crippen molar-refractivity contribution < 1.29 is 24.2 Å². The molecular weight excluding hydrogens is 376 g/mol. The molecule has 0 fully saturated rings. The summed E-state index contributed by atoms with van der Waals surface area (Å²) in [6, 6.07) is 11.8. The number of nitrogens with zero attached hydrogens (tertiary/aromatic N) is 1. The first kappa shape index (κ1) is 21.2. The van der Waals surface area contributed by atoms with Gasteiger partial charge in [-0.1, -0.05) is 6.07 Å². The van der Waals surface area contributed by atoms with Crippen LogP contribution >= 0.6 is 0 Å². The molecule has 0 aliphatic rings. The topological polar surface area (TPSA) is 155 Å². The van der Waals surface area contributed by atoms with Gasteiger partial charge in [-0.25, -0.2) is 4.79 Å². The second-order valence-corrected chi connectivity index (χ2v) is 6.08. The number of primary amides is 1. The fraction of sp³-hybridized carbons (Fsp3) is 0.200. The van der Waals surface area contributed by atoms with Crippen molar-refractivity contribution >= 4 is 29.2 Å². The number of carbonyl (C=O) groups is 3. The van der Waals surface area contributed by atoms with E-state index < -0.39 is 23.8 Å². The third kappa shape index (κ3) is 5.97. The number of anilines is 2. The van der Waals surface area contributed by atoms with Crippen molar-refractivity contribution in [3.8, 4) is 11.8 Å². The fourth-order valence-corrected chi connectivity index (χ4v) is 2.55. The van der Waals surface area contributed by atoms with Gasteiger partial charge in [-0.05, 0) is 42.0 Å². The number of amides is 2. The van der Waals surface area contributed by atoms with E-state index in [0.29, 0.717) is 22.6 Å². The molecular formula is C20H20N4O5. The van der Waals surface area contributed by atoms with Crippen LogP contribution in [-0.2, 0) is 14.4 Å². The van der Waals surface area contributed by atoms with Gasteiger partial charge in [0.25, 0.3) is 0 Å². The Hall–Kier alpha value is -4.06. The number of hydrogen-bond acceptors (Lipinski definition) is 6. The highest BCUT2D eigenvalue weighted by Crippen LogP contribution is 2.30. The van der Waals surface area contributed by atoms with Crippen LogP contribution in [0.4, 0.5) is 11.4 Å². The molecule has 5 N–H and O–H groups in total. The first-order valence-corrected chi connectivity index (χ1v) is 8.59. The first-order chi connectivity index (χ1) is 13.8. The zero-order valence-electron chi connectivity index (χ0n) is 15.6. The molecule has 0 saturated heterocycles. The van der Waals surface area contributed by atoms with Crippen LogP contribution in [0.1, 0.15) is 30.0 Å². The molecule has 1 atom stereocenters. The highest BCUT2D eigenvalue weighted by molar-refractivity contribution is 5.94. The van der Waals surface area contributed by atoms with Crippen molar-refractivity contribution in [1.29, 1.82) is 5.26 Å². The van der Waals surface area contributed by atoms with Crippen molar-refractivity contribution in [2.45, 2.75) is 18.9 Å². The molecule has 0 heterocycles. The van der Waals surface area contributed by atoms with Crippen LogP contribution in [0, 0.1) is 11.3 Å². The second-order valence-electron chi connectivity index (χ2n) is 6.08. The van der Waals surface area contributed by atoms with E-state index in [4.69, 9.17) is 15.7 Å². The van der Waals surface area contributed by atoms with E-state index in [9.17, 15) is 19.5 Å². The van der Waals surface area contributed by atoms with Gasteiger partial charge < -0.3 is 26.2 Å². The Morgan fingerprint density at radius 1 is 1.17 bits per heavy atom. The Morgan fingerprint density at radius 2 is 1.86 bits per heavy atom. The average molecular weight is 396 g/mol. The molecule has 0 spiro atoms. The molecule has 2 rings (SSSR count). The largest absolute Gasteiger partial charge is 0.495 e. The lowest BCUT2D eigenvalue weighted by Crippen LogP contribution is -2.21. The number of hydrogen-bond donors (Lipinski definition) is 4. The third-order valence-electron chi connectivity index (χ3n) is 4.00. The number of carboxylic acid groups (broad SMARTS) is 1. The number of aliphatic carboxylic acids is 1. The SMILES string of the molecule is COc1ccc(C(Nc2ccc(C#N)cc2)C(=O)O)cc1NC(=O)CCC(N)=O. The molecule has 1 unspecified atom stereocenters. The Labute approximate surface area is 167 Å². The molecule has 2 aromatic rings. The summed E-state index contributed by atoms with van der Waals surface area (Å²) in [5.74, 6) is -1.85. The standard InChI is InChI=1S/C20H20N4O5/c1-29-16-7-4-13(10-15(16)24-18(26)9-8-17(22)25)19(20(27)28)23-14-5-2-12(11-21)3-6-14/h2-7,10,19,23H,8-9H2,1H3,(H2,22,25)(H,24,26)(H,27,28). The minimum absolute atomic E-state index is 0.103. The molecule has 9 heteroatoms. The highest BCUT2D eigenvalue weighted by Gasteiger charge is 2.21. The smallest absolute Gasteiger partial charge is 0.330 e. The molecule has 0 saturated carbocycles. The van der Waals surface area contributed by atoms with Gasteiger partial charge in [0.2, 0.25) is 11.8 Å². The normalized spacial score (nSPS) is 11.0. The van der Waals surface area contributed by atoms with Gasteiger partial charge in [0.1, 0.15) is 5.75 Å². The molecule has 0 radical (unpaired) electrons. The Balaban J connectivity index is 2.27. The van der Waals surface area contributed by atoms with Gasteiger partial charge in [0.15, 0.2) is 6.04 Å². The average Bonchev–Trinajstić information content (AvgIpc) is 2.70. The second kappa shape index (κ2) is 9.75. The van der Waals surface area contributed by atoms with Gasteiger partial charge in [-0.3, -0.25) is 9.59 Å². The molecule has 2 amide bonds. The van der Waals surface area contributed by atoms with E-state index >= 15 is 0 Å². The van der Waals surface area contributed by atoms with Crippen molar-refractivity contribution in [2.75, 3.05) is 17.7 Å². The van der Waals surface area contributed by atoms with E-state index in [2.05, 4.69) is 10.6 Å². The number of nitrogens with two attached hydrogens (primary N) is 1. The van der Waals surface area contributed by atoms with E-state index in [-0.39, 0.29) is 18.5 Å². The zero-order chi connectivity index (χ0) is 21.4. The summed E-state index contributed by atoms with van der Waals surface area (Å²) in [5, 5.41) is 24.0. The molecule has 150 valence electrons. The van der Waals surface area contributed by atoms with Gasteiger partial charge in [-0.2, -0.15) is 5.26 Å². The van der Waals surface area contributed by atoms with E-state index in [1.165, 1.54) is 19.2 Å². The zero-order valence-corrected chi connectivity index (χ0v) is 15.6. The van der Waals surface area contributed by atoms with E-state index in [1.54, 1.807) is 30.3 Å². The van der Waals surface area contributed by atoms with Gasteiger partial charge in [0.05, 0.1) is 24.4 Å². The predicted molar refractivity (Wildman–Crippen MR) is 105 cm³/mol. The molecule has 0 bridgehead atoms. The van der Waals surface area contributed by atoms with Crippen LogP contribution in [0.15, 0.2) is 42.5 Å². The van der Waals surface area contributed by atoms with Crippen LogP contribution in [0.2, 0.25) is 0 Å². The number of nitrogens with one attached hydrogen (secondary N) is 2. The van der Waals surface area contributed by atoms with Crippen LogP contribution in [0.25, 0.3) is 0 Å². The summed E-state index contributed by atoms with van der Waals surface area (Å²) >= 11 is 0. The van der Waals surface area contributed by atoms with Crippen molar-refractivity contribution in [1.82, 2.24) is 0 Å². The van der Waals surface area contributed by atoms with Crippen LogP contribution in [0.5, 0.6) is 5.75 Å². The van der Waals surface area contributed by atoms with Crippen LogP contribution in [0.3, 0.4) is 0 Å². The number of methoxy groups -OCH3 is 1. The number of rotatable bonds is 9. The lowest BCUT2D eigenvalue weighted by atomic mass is 10.0.